The van der Waals surface area contributed by atoms with Gasteiger partial charge in [0.05, 0.1) is 18.0 Å². The van der Waals surface area contributed by atoms with Crippen molar-refractivity contribution in [1.29, 1.82) is 5.26 Å². The number of aromatic nitrogens is 2. The molecule has 1 aliphatic heterocycles. The lowest BCUT2D eigenvalue weighted by molar-refractivity contribution is 0.100. The lowest BCUT2D eigenvalue weighted by atomic mass is 9.63. The van der Waals surface area contributed by atoms with Crippen LogP contribution in [0.25, 0.3) is 6.08 Å². The molecule has 1 aromatic carbocycles. The number of hydrogen-bond acceptors (Lipinski definition) is 6. The molecule has 4 rings (SSSR count). The molecule has 4 N–H and O–H groups in total. The number of fused-ring (bicyclic) bond motifs is 1. The highest BCUT2D eigenvalue weighted by Gasteiger charge is 2.35. The minimum atomic E-state index is -0.984. The summed E-state index contributed by atoms with van der Waals surface area (Å²) in [5.41, 5.74) is 7.95. The molecule has 8 nitrogen and oxygen atoms in total. The molecule has 1 fully saturated rings. The monoisotopic (exact) mass is 433 g/mol. The predicted octanol–water partition coefficient (Wildman–Crippen LogP) is 3.82. The number of nitrogens with two attached hydrogens (primary N) is 1. The number of amides is 1. The number of anilines is 2. The van der Waals surface area contributed by atoms with E-state index in [2.05, 4.69) is 16.5 Å². The lowest BCUT2D eigenvalue weighted by Crippen LogP contribution is -2.34. The Morgan fingerprint density at radius 1 is 1.38 bits per heavy atom. The highest BCUT2D eigenvalue weighted by Crippen LogP contribution is 2.38. The van der Waals surface area contributed by atoms with E-state index in [0.717, 1.165) is 36.7 Å². The van der Waals surface area contributed by atoms with Crippen LogP contribution in [0.4, 0.5) is 11.5 Å². The Hall–Kier alpha value is -3.25. The van der Waals surface area contributed by atoms with Crippen molar-refractivity contribution < 1.29 is 14.5 Å². The van der Waals surface area contributed by atoms with Crippen LogP contribution >= 0.6 is 0 Å². The van der Waals surface area contributed by atoms with E-state index in [-0.39, 0.29) is 22.9 Å². The predicted molar refractivity (Wildman–Crippen MR) is 123 cm³/mol. The summed E-state index contributed by atoms with van der Waals surface area (Å²) in [7, 11) is -0.984. The minimum Gasteiger partial charge on any atom is -0.532 e. The zero-order valence-electron chi connectivity index (χ0n) is 18.6. The molecule has 0 spiro atoms. The van der Waals surface area contributed by atoms with Crippen molar-refractivity contribution in [3.8, 4) is 11.8 Å². The Morgan fingerprint density at radius 2 is 2.12 bits per heavy atom. The van der Waals surface area contributed by atoms with Gasteiger partial charge in [0.25, 0.3) is 5.91 Å². The third kappa shape index (κ3) is 4.23. The Kier molecular flexibility index (Phi) is 5.74. The highest BCUT2D eigenvalue weighted by molar-refractivity contribution is 6.55. The SMILES string of the molecule is CC(C)(C)C1=Cc2cc(Nc3nn([C@H]4CCCC[C@@H]4C#N)cc3C(N)=O)ccc2OB1O. The van der Waals surface area contributed by atoms with Crippen LogP contribution in [0.1, 0.15) is 68.4 Å². The zero-order chi connectivity index (χ0) is 23.0. The molecule has 1 saturated carbocycles. The van der Waals surface area contributed by atoms with Crippen LogP contribution in [0.5, 0.6) is 5.75 Å². The Balaban J connectivity index is 1.66. The van der Waals surface area contributed by atoms with Crippen LogP contribution in [0, 0.1) is 22.7 Å². The van der Waals surface area contributed by atoms with Crippen LogP contribution < -0.4 is 15.7 Å². The van der Waals surface area contributed by atoms with Crippen molar-refractivity contribution in [3.05, 3.63) is 41.0 Å². The maximum absolute atomic E-state index is 12.1. The van der Waals surface area contributed by atoms with E-state index >= 15 is 0 Å². The van der Waals surface area contributed by atoms with Crippen molar-refractivity contribution in [2.75, 3.05) is 5.32 Å². The summed E-state index contributed by atoms with van der Waals surface area (Å²) in [4.78, 5) is 12.1. The van der Waals surface area contributed by atoms with Crippen LogP contribution in [0.2, 0.25) is 0 Å². The standard InChI is InChI=1S/C23H28BN5O3/c1-23(2,3)20-11-15-10-16(8-9-19(15)32-24(20)31)27-22-17(21(26)30)13-29(28-22)18-7-5-4-6-14(18)12-25/h8-11,13-14,18,31H,4-7H2,1-3H3,(H2,26,30)(H,27,28)/t14-,18+/m1/s1. The maximum Gasteiger partial charge on any atom is 0.556 e. The van der Waals surface area contributed by atoms with Crippen molar-refractivity contribution >= 4 is 30.6 Å². The molecule has 1 amide bonds. The first-order valence-corrected chi connectivity index (χ1v) is 10.9. The van der Waals surface area contributed by atoms with E-state index in [4.69, 9.17) is 10.4 Å². The second-order valence-corrected chi connectivity index (χ2v) is 9.52. The fourth-order valence-electron chi connectivity index (χ4n) is 4.41. The molecule has 9 heteroatoms. The first-order chi connectivity index (χ1) is 15.2. The molecule has 2 atom stereocenters. The van der Waals surface area contributed by atoms with Gasteiger partial charge in [-0.3, -0.25) is 9.48 Å². The zero-order valence-corrected chi connectivity index (χ0v) is 18.6. The number of rotatable bonds is 4. The number of allylic oxidation sites excluding steroid dienone is 1. The van der Waals surface area contributed by atoms with Gasteiger partial charge >= 0.3 is 7.12 Å². The Labute approximate surface area is 188 Å². The normalized spacial score (nSPS) is 20.6. The van der Waals surface area contributed by atoms with Gasteiger partial charge in [0, 0.05) is 17.4 Å². The molecule has 0 radical (unpaired) electrons. The van der Waals surface area contributed by atoms with E-state index in [1.54, 1.807) is 23.0 Å². The summed E-state index contributed by atoms with van der Waals surface area (Å²) in [6.07, 6.45) is 7.30. The maximum atomic E-state index is 12.1. The molecule has 2 aliphatic rings. The number of hydrogen-bond donors (Lipinski definition) is 3. The van der Waals surface area contributed by atoms with E-state index < -0.39 is 13.0 Å². The lowest BCUT2D eigenvalue weighted by Gasteiger charge is -2.29. The largest absolute Gasteiger partial charge is 0.556 e. The quantitative estimate of drug-likeness (QED) is 0.630. The summed E-state index contributed by atoms with van der Waals surface area (Å²) in [6.45, 7) is 6.05. The average Bonchev–Trinajstić information content (AvgIpc) is 3.16. The summed E-state index contributed by atoms with van der Waals surface area (Å²) >= 11 is 0. The summed E-state index contributed by atoms with van der Waals surface area (Å²) in [5.74, 6) is 0.222. The second-order valence-electron chi connectivity index (χ2n) is 9.52. The summed E-state index contributed by atoms with van der Waals surface area (Å²) in [5, 5.41) is 27.6. The van der Waals surface area contributed by atoms with Crippen LogP contribution in [0.3, 0.4) is 0 Å². The van der Waals surface area contributed by atoms with Crippen LogP contribution in [-0.2, 0) is 0 Å². The molecule has 2 heterocycles. The number of nitriles is 1. The third-order valence-corrected chi connectivity index (χ3v) is 6.19. The van der Waals surface area contributed by atoms with Gasteiger partial charge in [0.2, 0.25) is 0 Å². The van der Waals surface area contributed by atoms with Crippen molar-refractivity contribution in [2.45, 2.75) is 52.5 Å². The number of nitrogens with zero attached hydrogens (tertiary/aromatic N) is 3. The summed E-state index contributed by atoms with van der Waals surface area (Å²) < 4.78 is 7.39. The van der Waals surface area contributed by atoms with Gasteiger partial charge in [-0.15, -0.1) is 0 Å². The van der Waals surface area contributed by atoms with Crippen molar-refractivity contribution in [1.82, 2.24) is 9.78 Å². The molecular formula is C23H28BN5O3. The van der Waals surface area contributed by atoms with E-state index in [0.29, 0.717) is 17.3 Å². The number of benzene rings is 1. The molecule has 1 aromatic heterocycles. The van der Waals surface area contributed by atoms with Gasteiger partial charge in [-0.1, -0.05) is 39.7 Å². The van der Waals surface area contributed by atoms with Crippen molar-refractivity contribution in [2.24, 2.45) is 17.1 Å². The molecule has 0 saturated heterocycles. The van der Waals surface area contributed by atoms with Crippen molar-refractivity contribution in [3.63, 3.8) is 0 Å². The first kappa shape index (κ1) is 22.0. The van der Waals surface area contributed by atoms with Gasteiger partial charge in [0.1, 0.15) is 11.3 Å². The van der Waals surface area contributed by atoms with Gasteiger partial charge in [-0.2, -0.15) is 10.4 Å². The van der Waals surface area contributed by atoms with Gasteiger partial charge in [-0.25, -0.2) is 0 Å². The second kappa shape index (κ2) is 8.36. The molecule has 166 valence electrons. The number of nitrogens with one attached hydrogen (secondary N) is 1. The number of carbonyl (C=O) groups is 1. The topological polar surface area (TPSA) is 126 Å². The Bertz CT molecular complexity index is 1110. The van der Waals surface area contributed by atoms with Crippen LogP contribution in [0.15, 0.2) is 29.9 Å². The minimum absolute atomic E-state index is 0.0712. The van der Waals surface area contributed by atoms with E-state index in [1.807, 2.05) is 32.9 Å². The van der Waals surface area contributed by atoms with Gasteiger partial charge < -0.3 is 20.7 Å². The fourth-order valence-corrected chi connectivity index (χ4v) is 4.41. The Morgan fingerprint density at radius 3 is 2.81 bits per heavy atom. The molecule has 0 unspecified atom stereocenters. The number of carbonyl (C=O) groups excluding carboxylic acids is 1. The van der Waals surface area contributed by atoms with Crippen LogP contribution in [-0.4, -0.2) is 27.8 Å². The first-order valence-electron chi connectivity index (χ1n) is 10.9. The highest BCUT2D eigenvalue weighted by atomic mass is 16.5. The molecule has 1 aliphatic carbocycles. The molecule has 32 heavy (non-hydrogen) atoms. The van der Waals surface area contributed by atoms with Gasteiger partial charge in [-0.05, 0) is 41.9 Å². The third-order valence-electron chi connectivity index (χ3n) is 6.19. The molecule has 2 aromatic rings. The molecule has 0 bridgehead atoms. The van der Waals surface area contributed by atoms with E-state index in [1.165, 1.54) is 0 Å². The average molecular weight is 433 g/mol. The fraction of sp³-hybridized carbons (Fsp3) is 0.435. The van der Waals surface area contributed by atoms with Gasteiger partial charge in [0.15, 0.2) is 5.82 Å². The molecular weight excluding hydrogens is 405 g/mol. The van der Waals surface area contributed by atoms with E-state index in [9.17, 15) is 15.1 Å². The number of primary amides is 1. The summed E-state index contributed by atoms with van der Waals surface area (Å²) in [6, 6.07) is 7.75. The smallest absolute Gasteiger partial charge is 0.532 e.